The maximum atomic E-state index is 11.9. The first-order chi connectivity index (χ1) is 8.56. The van der Waals surface area contributed by atoms with Crippen LogP contribution in [0.25, 0.3) is 0 Å². The van der Waals surface area contributed by atoms with Crippen molar-refractivity contribution in [1.82, 2.24) is 10.2 Å². The molecule has 3 nitrogen and oxygen atoms in total. The average molecular weight is 254 g/mol. The van der Waals surface area contributed by atoms with E-state index in [2.05, 4.69) is 31.0 Å². The molecule has 1 heterocycles. The number of amides is 1. The monoisotopic (exact) mass is 254 g/mol. The maximum Gasteiger partial charge on any atom is 0.222 e. The molecule has 18 heavy (non-hydrogen) atoms. The van der Waals surface area contributed by atoms with Gasteiger partial charge in [0.1, 0.15) is 0 Å². The zero-order valence-electron chi connectivity index (χ0n) is 12.5. The van der Waals surface area contributed by atoms with Gasteiger partial charge in [-0.2, -0.15) is 0 Å². The van der Waals surface area contributed by atoms with Crippen LogP contribution < -0.4 is 5.32 Å². The van der Waals surface area contributed by atoms with Gasteiger partial charge in [0.25, 0.3) is 0 Å². The van der Waals surface area contributed by atoms with E-state index in [0.29, 0.717) is 24.3 Å². The Kier molecular flexibility index (Phi) is 6.69. The quantitative estimate of drug-likeness (QED) is 0.790. The van der Waals surface area contributed by atoms with E-state index in [0.717, 1.165) is 25.6 Å². The van der Waals surface area contributed by atoms with Crippen LogP contribution in [0.15, 0.2) is 0 Å². The Morgan fingerprint density at radius 1 is 1.33 bits per heavy atom. The van der Waals surface area contributed by atoms with Crippen molar-refractivity contribution in [2.45, 2.75) is 59.4 Å². The molecule has 1 fully saturated rings. The molecule has 2 atom stereocenters. The number of piperidine rings is 1. The number of likely N-dealkylation sites (tertiary alicyclic amines) is 1. The van der Waals surface area contributed by atoms with Crippen molar-refractivity contribution < 1.29 is 4.79 Å². The van der Waals surface area contributed by atoms with Gasteiger partial charge in [0.15, 0.2) is 0 Å². The van der Waals surface area contributed by atoms with E-state index in [9.17, 15) is 4.79 Å². The third-order valence-electron chi connectivity index (χ3n) is 3.92. The molecule has 0 saturated carbocycles. The van der Waals surface area contributed by atoms with Crippen molar-refractivity contribution in [3.05, 3.63) is 0 Å². The highest BCUT2D eigenvalue weighted by molar-refractivity contribution is 5.76. The second-order valence-electron chi connectivity index (χ2n) is 6.00. The van der Waals surface area contributed by atoms with Gasteiger partial charge in [-0.1, -0.05) is 34.1 Å². The third kappa shape index (κ3) is 4.97. The number of hydrogen-bond acceptors (Lipinski definition) is 2. The Morgan fingerprint density at radius 2 is 2.06 bits per heavy atom. The normalized spacial score (nSPS) is 24.6. The van der Waals surface area contributed by atoms with Gasteiger partial charge in [-0.15, -0.1) is 0 Å². The zero-order chi connectivity index (χ0) is 13.5. The fraction of sp³-hybridized carbons (Fsp3) is 0.933. The summed E-state index contributed by atoms with van der Waals surface area (Å²) < 4.78 is 0. The third-order valence-corrected chi connectivity index (χ3v) is 3.92. The highest BCUT2D eigenvalue weighted by Gasteiger charge is 2.27. The fourth-order valence-electron chi connectivity index (χ4n) is 2.65. The summed E-state index contributed by atoms with van der Waals surface area (Å²) in [7, 11) is 0. The molecule has 1 aliphatic heterocycles. The van der Waals surface area contributed by atoms with Gasteiger partial charge in [-0.3, -0.25) is 4.79 Å². The van der Waals surface area contributed by atoms with E-state index in [1.165, 1.54) is 19.3 Å². The highest BCUT2D eigenvalue weighted by Crippen LogP contribution is 2.20. The van der Waals surface area contributed by atoms with Crippen LogP contribution in [0.1, 0.15) is 53.4 Å². The molecule has 1 aliphatic rings. The minimum atomic E-state index is 0.309. The first kappa shape index (κ1) is 15.5. The Balaban J connectivity index is 2.44. The Hall–Kier alpha value is -0.570. The van der Waals surface area contributed by atoms with Gasteiger partial charge in [-0.05, 0) is 31.2 Å². The number of carbonyl (C=O) groups excluding carboxylic acids is 1. The molecule has 0 bridgehead atoms. The van der Waals surface area contributed by atoms with E-state index < -0.39 is 0 Å². The van der Waals surface area contributed by atoms with E-state index in [-0.39, 0.29) is 0 Å². The van der Waals surface area contributed by atoms with E-state index in [1.54, 1.807) is 0 Å². The lowest BCUT2D eigenvalue weighted by Crippen LogP contribution is -2.51. The van der Waals surface area contributed by atoms with E-state index in [1.807, 2.05) is 6.92 Å². The van der Waals surface area contributed by atoms with Crippen molar-refractivity contribution >= 4 is 5.91 Å². The molecule has 106 valence electrons. The molecule has 0 aromatic rings. The summed E-state index contributed by atoms with van der Waals surface area (Å²) in [5.41, 5.74) is 0. The lowest BCUT2D eigenvalue weighted by atomic mass is 9.91. The average Bonchev–Trinajstić information content (AvgIpc) is 2.36. The lowest BCUT2D eigenvalue weighted by Gasteiger charge is -2.38. The van der Waals surface area contributed by atoms with Gasteiger partial charge in [0.05, 0.1) is 0 Å². The Morgan fingerprint density at radius 3 is 2.61 bits per heavy atom. The van der Waals surface area contributed by atoms with Crippen molar-refractivity contribution in [2.75, 3.05) is 19.6 Å². The number of carbonyl (C=O) groups is 1. The van der Waals surface area contributed by atoms with Gasteiger partial charge in [0, 0.05) is 25.6 Å². The SMILES string of the molecule is CCC(=O)N1CC(CC)CC(NCCC(C)C)C1. The molecule has 0 aromatic heterocycles. The minimum Gasteiger partial charge on any atom is -0.341 e. The van der Waals surface area contributed by atoms with Gasteiger partial charge < -0.3 is 10.2 Å². The highest BCUT2D eigenvalue weighted by atomic mass is 16.2. The molecular weight excluding hydrogens is 224 g/mol. The largest absolute Gasteiger partial charge is 0.341 e. The van der Waals surface area contributed by atoms with Crippen LogP contribution in [0, 0.1) is 11.8 Å². The first-order valence-corrected chi connectivity index (χ1v) is 7.57. The standard InChI is InChI=1S/C15H30N2O/c1-5-13-9-14(16-8-7-12(3)4)11-17(10-13)15(18)6-2/h12-14,16H,5-11H2,1-4H3. The molecule has 0 aliphatic carbocycles. The van der Waals surface area contributed by atoms with Crippen molar-refractivity contribution in [3.8, 4) is 0 Å². The molecule has 0 spiro atoms. The van der Waals surface area contributed by atoms with Crippen LogP contribution in [-0.2, 0) is 4.79 Å². The van der Waals surface area contributed by atoms with Crippen LogP contribution in [0.2, 0.25) is 0 Å². The Labute approximate surface area is 112 Å². The van der Waals surface area contributed by atoms with Gasteiger partial charge in [-0.25, -0.2) is 0 Å². The molecule has 1 saturated heterocycles. The Bertz CT molecular complexity index is 253. The fourth-order valence-corrected chi connectivity index (χ4v) is 2.65. The second-order valence-corrected chi connectivity index (χ2v) is 6.00. The van der Waals surface area contributed by atoms with Crippen LogP contribution in [0.5, 0.6) is 0 Å². The number of nitrogens with one attached hydrogen (secondary N) is 1. The summed E-state index contributed by atoms with van der Waals surface area (Å²) >= 11 is 0. The smallest absolute Gasteiger partial charge is 0.222 e. The van der Waals surface area contributed by atoms with Gasteiger partial charge >= 0.3 is 0 Å². The zero-order valence-corrected chi connectivity index (χ0v) is 12.5. The maximum absolute atomic E-state index is 11.9. The molecule has 1 amide bonds. The number of hydrogen-bond donors (Lipinski definition) is 1. The van der Waals surface area contributed by atoms with Crippen LogP contribution in [-0.4, -0.2) is 36.5 Å². The number of nitrogens with zero attached hydrogens (tertiary/aromatic N) is 1. The molecule has 2 unspecified atom stereocenters. The molecule has 1 N–H and O–H groups in total. The topological polar surface area (TPSA) is 32.3 Å². The predicted molar refractivity (Wildman–Crippen MR) is 76.5 cm³/mol. The van der Waals surface area contributed by atoms with Gasteiger partial charge in [0.2, 0.25) is 5.91 Å². The summed E-state index contributed by atoms with van der Waals surface area (Å²) in [4.78, 5) is 13.9. The van der Waals surface area contributed by atoms with E-state index in [4.69, 9.17) is 0 Å². The summed E-state index contributed by atoms with van der Waals surface area (Å²) in [5.74, 6) is 1.73. The molecule has 0 radical (unpaired) electrons. The number of rotatable bonds is 6. The van der Waals surface area contributed by atoms with Crippen LogP contribution in [0.3, 0.4) is 0 Å². The molecule has 0 aromatic carbocycles. The summed E-state index contributed by atoms with van der Waals surface area (Å²) in [6.07, 6.45) is 4.25. The van der Waals surface area contributed by atoms with Crippen molar-refractivity contribution in [1.29, 1.82) is 0 Å². The van der Waals surface area contributed by atoms with Crippen LogP contribution in [0.4, 0.5) is 0 Å². The lowest BCUT2D eigenvalue weighted by molar-refractivity contribution is -0.133. The summed E-state index contributed by atoms with van der Waals surface area (Å²) in [5, 5.41) is 3.63. The van der Waals surface area contributed by atoms with Crippen molar-refractivity contribution in [3.63, 3.8) is 0 Å². The summed E-state index contributed by atoms with van der Waals surface area (Å²) in [6.45, 7) is 11.6. The summed E-state index contributed by atoms with van der Waals surface area (Å²) in [6, 6.07) is 0.498. The molecule has 3 heteroatoms. The first-order valence-electron chi connectivity index (χ1n) is 7.57. The second kappa shape index (κ2) is 7.78. The van der Waals surface area contributed by atoms with E-state index >= 15 is 0 Å². The predicted octanol–water partition coefficient (Wildman–Crippen LogP) is 2.66. The van der Waals surface area contributed by atoms with Crippen LogP contribution >= 0.6 is 0 Å². The minimum absolute atomic E-state index is 0.309. The van der Waals surface area contributed by atoms with Crippen molar-refractivity contribution in [2.24, 2.45) is 11.8 Å². The molecular formula is C15H30N2O. The molecule has 1 rings (SSSR count).